The predicted octanol–water partition coefficient (Wildman–Crippen LogP) is 5.97. The van der Waals surface area contributed by atoms with Gasteiger partial charge in [-0.25, -0.2) is 0 Å². The summed E-state index contributed by atoms with van der Waals surface area (Å²) in [6.07, 6.45) is 0. The fourth-order valence-electron chi connectivity index (χ4n) is 3.41. The van der Waals surface area contributed by atoms with Crippen LogP contribution in [0.3, 0.4) is 0 Å². The van der Waals surface area contributed by atoms with Crippen LogP contribution in [0.2, 0.25) is 0 Å². The summed E-state index contributed by atoms with van der Waals surface area (Å²) in [4.78, 5) is 0. The number of aryl methyl sites for hydroxylation is 2. The zero-order valence-corrected chi connectivity index (χ0v) is 17.0. The maximum absolute atomic E-state index is 4.55. The molecule has 0 amide bonds. The minimum atomic E-state index is 0.129. The van der Waals surface area contributed by atoms with E-state index in [1.165, 1.54) is 22.4 Å². The number of nitrogens with zero attached hydrogens (tertiary/aromatic N) is 3. The van der Waals surface area contributed by atoms with E-state index in [1.807, 2.05) is 18.2 Å². The first-order valence-electron chi connectivity index (χ1n) is 9.33. The van der Waals surface area contributed by atoms with Crippen LogP contribution < -0.4 is 0 Å². The van der Waals surface area contributed by atoms with E-state index in [9.17, 15) is 0 Å². The molecule has 0 radical (unpaired) electrons. The molecular weight excluding hydrogens is 318 g/mol. The highest BCUT2D eigenvalue weighted by atomic mass is 15.3. The van der Waals surface area contributed by atoms with Crippen molar-refractivity contribution in [1.29, 1.82) is 0 Å². The second kappa shape index (κ2) is 6.71. The van der Waals surface area contributed by atoms with Crippen LogP contribution in [0.4, 0.5) is 0 Å². The Labute approximate surface area is 157 Å². The molecule has 2 aromatic carbocycles. The summed E-state index contributed by atoms with van der Waals surface area (Å²) in [5.74, 6) is 2.20. The largest absolute Gasteiger partial charge is 0.278 e. The van der Waals surface area contributed by atoms with Gasteiger partial charge in [0.2, 0.25) is 0 Å². The number of aromatic nitrogens is 3. The molecule has 1 aromatic heterocycles. The fourth-order valence-corrected chi connectivity index (χ4v) is 3.41. The maximum atomic E-state index is 4.55. The summed E-state index contributed by atoms with van der Waals surface area (Å²) in [5, 5.41) is 9.09. The van der Waals surface area contributed by atoms with Gasteiger partial charge in [0.25, 0.3) is 0 Å². The molecule has 0 saturated heterocycles. The molecular formula is C23H29N3. The summed E-state index contributed by atoms with van der Waals surface area (Å²) in [6, 6.07) is 14.9. The monoisotopic (exact) mass is 347 g/mol. The van der Waals surface area contributed by atoms with Crippen molar-refractivity contribution >= 4 is 0 Å². The molecule has 3 aromatic rings. The number of rotatable bonds is 3. The van der Waals surface area contributed by atoms with Crippen molar-refractivity contribution in [2.75, 3.05) is 0 Å². The molecule has 0 spiro atoms. The van der Waals surface area contributed by atoms with Crippen LogP contribution in [0, 0.1) is 13.8 Å². The van der Waals surface area contributed by atoms with Crippen LogP contribution in [0.15, 0.2) is 42.5 Å². The van der Waals surface area contributed by atoms with Gasteiger partial charge in [-0.05, 0) is 36.0 Å². The van der Waals surface area contributed by atoms with Crippen molar-refractivity contribution in [1.82, 2.24) is 14.8 Å². The highest BCUT2D eigenvalue weighted by Crippen LogP contribution is 2.33. The van der Waals surface area contributed by atoms with Crippen LogP contribution in [-0.4, -0.2) is 14.8 Å². The minimum Gasteiger partial charge on any atom is -0.278 e. The number of hydrogen-bond acceptors (Lipinski definition) is 2. The van der Waals surface area contributed by atoms with Gasteiger partial charge in [-0.15, -0.1) is 10.2 Å². The molecule has 1 heterocycles. The highest BCUT2D eigenvalue weighted by molar-refractivity contribution is 5.62. The second-order valence-electron chi connectivity index (χ2n) is 8.45. The zero-order chi connectivity index (χ0) is 19.1. The topological polar surface area (TPSA) is 30.7 Å². The first kappa shape index (κ1) is 18.4. The van der Waals surface area contributed by atoms with E-state index in [0.29, 0.717) is 5.92 Å². The SMILES string of the molecule is Cc1cc(C(C)(C)C)cc(C)c1-n1c(-c2ccccc2)nnc1C(C)C. The number of benzene rings is 2. The van der Waals surface area contributed by atoms with Gasteiger partial charge in [0.05, 0.1) is 5.69 Å². The van der Waals surface area contributed by atoms with Crippen molar-refractivity contribution in [2.45, 2.75) is 59.8 Å². The Kier molecular flexibility index (Phi) is 4.74. The first-order valence-corrected chi connectivity index (χ1v) is 9.33. The van der Waals surface area contributed by atoms with Crippen LogP contribution >= 0.6 is 0 Å². The Hall–Kier alpha value is -2.42. The molecule has 3 nitrogen and oxygen atoms in total. The van der Waals surface area contributed by atoms with E-state index >= 15 is 0 Å². The third-order valence-corrected chi connectivity index (χ3v) is 4.82. The third kappa shape index (κ3) is 3.31. The van der Waals surface area contributed by atoms with Crippen molar-refractivity contribution in [2.24, 2.45) is 0 Å². The van der Waals surface area contributed by atoms with E-state index in [1.54, 1.807) is 0 Å². The zero-order valence-electron chi connectivity index (χ0n) is 17.0. The molecule has 0 atom stereocenters. The van der Waals surface area contributed by atoms with Gasteiger partial charge in [0.1, 0.15) is 5.82 Å². The van der Waals surface area contributed by atoms with Gasteiger partial charge in [0, 0.05) is 11.5 Å². The van der Waals surface area contributed by atoms with Crippen LogP contribution in [0.1, 0.15) is 63.1 Å². The van der Waals surface area contributed by atoms with Crippen LogP contribution in [0.25, 0.3) is 17.1 Å². The summed E-state index contributed by atoms with van der Waals surface area (Å²) >= 11 is 0. The Morgan fingerprint density at radius 3 is 1.96 bits per heavy atom. The normalized spacial score (nSPS) is 12.0. The number of hydrogen-bond donors (Lipinski definition) is 0. The maximum Gasteiger partial charge on any atom is 0.168 e. The van der Waals surface area contributed by atoms with Gasteiger partial charge >= 0.3 is 0 Å². The van der Waals surface area contributed by atoms with Crippen LogP contribution in [-0.2, 0) is 5.41 Å². The van der Waals surface area contributed by atoms with E-state index in [0.717, 1.165) is 17.2 Å². The lowest BCUT2D eigenvalue weighted by Crippen LogP contribution is -2.14. The van der Waals surface area contributed by atoms with E-state index < -0.39 is 0 Å². The van der Waals surface area contributed by atoms with Crippen molar-refractivity contribution in [3.05, 3.63) is 65.0 Å². The van der Waals surface area contributed by atoms with E-state index in [2.05, 4.69) is 87.5 Å². The molecule has 0 aliphatic rings. The molecule has 0 saturated carbocycles. The molecule has 26 heavy (non-hydrogen) atoms. The molecule has 3 heteroatoms. The molecule has 0 bridgehead atoms. The van der Waals surface area contributed by atoms with Crippen molar-refractivity contribution < 1.29 is 0 Å². The summed E-state index contributed by atoms with van der Waals surface area (Å²) in [6.45, 7) is 15.5. The second-order valence-corrected chi connectivity index (χ2v) is 8.45. The van der Waals surface area contributed by atoms with E-state index in [4.69, 9.17) is 0 Å². The Morgan fingerprint density at radius 1 is 0.885 bits per heavy atom. The highest BCUT2D eigenvalue weighted by Gasteiger charge is 2.22. The summed E-state index contributed by atoms with van der Waals surface area (Å²) in [5.41, 5.74) is 6.29. The Balaban J connectivity index is 2.29. The lowest BCUT2D eigenvalue weighted by atomic mass is 9.84. The van der Waals surface area contributed by atoms with Gasteiger partial charge in [-0.1, -0.05) is 77.1 Å². The summed E-state index contributed by atoms with van der Waals surface area (Å²) in [7, 11) is 0. The quantitative estimate of drug-likeness (QED) is 0.584. The van der Waals surface area contributed by atoms with Crippen molar-refractivity contribution in [3.8, 4) is 17.1 Å². The average Bonchev–Trinajstić information content (AvgIpc) is 2.99. The fraction of sp³-hybridized carbons (Fsp3) is 0.391. The molecule has 0 aliphatic carbocycles. The molecule has 0 unspecified atom stereocenters. The molecule has 0 aliphatic heterocycles. The lowest BCUT2D eigenvalue weighted by Gasteiger charge is -2.24. The van der Waals surface area contributed by atoms with Gasteiger partial charge < -0.3 is 0 Å². The van der Waals surface area contributed by atoms with Gasteiger partial charge in [0.15, 0.2) is 5.82 Å². The lowest BCUT2D eigenvalue weighted by molar-refractivity contribution is 0.589. The first-order chi connectivity index (χ1) is 12.2. The Bertz CT molecular complexity index is 889. The van der Waals surface area contributed by atoms with Crippen LogP contribution in [0.5, 0.6) is 0 Å². The smallest absolute Gasteiger partial charge is 0.168 e. The Morgan fingerprint density at radius 2 is 1.46 bits per heavy atom. The molecule has 136 valence electrons. The minimum absolute atomic E-state index is 0.129. The average molecular weight is 348 g/mol. The van der Waals surface area contributed by atoms with E-state index in [-0.39, 0.29) is 5.41 Å². The molecule has 0 fully saturated rings. The molecule has 3 rings (SSSR count). The molecule has 0 N–H and O–H groups in total. The van der Waals surface area contributed by atoms with Crippen molar-refractivity contribution in [3.63, 3.8) is 0 Å². The predicted molar refractivity (Wildman–Crippen MR) is 109 cm³/mol. The van der Waals surface area contributed by atoms with Gasteiger partial charge in [-0.3, -0.25) is 4.57 Å². The van der Waals surface area contributed by atoms with Gasteiger partial charge in [-0.2, -0.15) is 0 Å². The standard InChI is InChI=1S/C23H29N3/c1-15(2)21-24-25-22(18-11-9-8-10-12-18)26(21)20-16(3)13-19(14-17(20)4)23(5,6)7/h8-15H,1-7H3. The summed E-state index contributed by atoms with van der Waals surface area (Å²) < 4.78 is 2.25. The third-order valence-electron chi connectivity index (χ3n) is 4.82.